The van der Waals surface area contributed by atoms with Crippen LogP contribution in [0.15, 0.2) is 65.6 Å². The zero-order valence-corrected chi connectivity index (χ0v) is 20.9. The van der Waals surface area contributed by atoms with Gasteiger partial charge >= 0.3 is 5.69 Å². The molecule has 0 aliphatic heterocycles. The molecule has 1 N–H and O–H groups in total. The molecule has 1 aliphatic rings. The maximum Gasteiger partial charge on any atom is 0.333 e. The van der Waals surface area contributed by atoms with E-state index >= 15 is 0 Å². The lowest BCUT2D eigenvalue weighted by molar-refractivity contribution is 0.0919. The third-order valence-electron chi connectivity index (χ3n) is 6.84. The number of carbonyl (C=O) groups is 1. The number of nitrogens with one attached hydrogen (secondary N) is 1. The van der Waals surface area contributed by atoms with Crippen molar-refractivity contribution in [1.29, 1.82) is 0 Å². The summed E-state index contributed by atoms with van der Waals surface area (Å²) in [6.07, 6.45) is 5.15. The highest BCUT2D eigenvalue weighted by molar-refractivity contribution is 6.31. The van der Waals surface area contributed by atoms with E-state index in [0.29, 0.717) is 33.8 Å². The minimum Gasteiger partial charge on any atom is -0.349 e. The summed E-state index contributed by atoms with van der Waals surface area (Å²) in [6, 6.07) is 17.0. The van der Waals surface area contributed by atoms with Gasteiger partial charge in [-0.2, -0.15) is 0 Å². The van der Waals surface area contributed by atoms with E-state index in [1.165, 1.54) is 0 Å². The number of pyridine rings is 1. The summed E-state index contributed by atoms with van der Waals surface area (Å²) in [7, 11) is 0. The lowest BCUT2D eigenvalue weighted by Gasteiger charge is -2.29. The van der Waals surface area contributed by atoms with Gasteiger partial charge in [0.05, 0.1) is 33.0 Å². The first-order valence-corrected chi connectivity index (χ1v) is 12.6. The average molecular weight is 509 g/mol. The van der Waals surface area contributed by atoms with Gasteiger partial charge in [-0.3, -0.25) is 18.9 Å². The largest absolute Gasteiger partial charge is 0.349 e. The molecule has 0 bridgehead atoms. The second-order valence-corrected chi connectivity index (χ2v) is 10.0. The Morgan fingerprint density at radius 3 is 2.40 bits per heavy atom. The van der Waals surface area contributed by atoms with Crippen molar-refractivity contribution in [3.8, 4) is 5.69 Å². The highest BCUT2D eigenvalue weighted by atomic mass is 35.5. The molecular formula is C27H26Cl2N4O2. The zero-order valence-electron chi connectivity index (χ0n) is 19.4. The number of benzene rings is 2. The van der Waals surface area contributed by atoms with Crippen molar-refractivity contribution in [2.45, 2.75) is 45.2 Å². The van der Waals surface area contributed by atoms with Crippen molar-refractivity contribution in [3.63, 3.8) is 0 Å². The van der Waals surface area contributed by atoms with Crippen LogP contribution in [0.1, 0.15) is 41.7 Å². The van der Waals surface area contributed by atoms with E-state index in [1.807, 2.05) is 41.0 Å². The molecule has 0 unspecified atom stereocenters. The normalized spacial score (nSPS) is 18.0. The molecule has 0 radical (unpaired) electrons. The summed E-state index contributed by atoms with van der Waals surface area (Å²) in [5.41, 5.74) is 3.73. The third-order valence-corrected chi connectivity index (χ3v) is 7.30. The summed E-state index contributed by atoms with van der Waals surface area (Å²) in [4.78, 5) is 30.4. The molecule has 5 rings (SSSR count). The van der Waals surface area contributed by atoms with Crippen LogP contribution >= 0.6 is 23.2 Å². The fraction of sp³-hybridized carbons (Fsp3) is 0.296. The Hall–Kier alpha value is -3.09. The van der Waals surface area contributed by atoms with Crippen LogP contribution in [0.3, 0.4) is 0 Å². The van der Waals surface area contributed by atoms with Crippen molar-refractivity contribution >= 4 is 40.1 Å². The van der Waals surface area contributed by atoms with Crippen LogP contribution in [0.5, 0.6) is 0 Å². The molecule has 6 nitrogen and oxygen atoms in total. The Bertz CT molecular complexity index is 1430. The molecule has 4 aromatic rings. The summed E-state index contributed by atoms with van der Waals surface area (Å²) in [5.74, 6) is 0.225. The van der Waals surface area contributed by atoms with Crippen molar-refractivity contribution in [2.75, 3.05) is 0 Å². The maximum atomic E-state index is 13.5. The zero-order chi connectivity index (χ0) is 24.5. The number of halogens is 2. The second-order valence-electron chi connectivity index (χ2n) is 9.17. The number of imidazole rings is 1. The highest BCUT2D eigenvalue weighted by Gasteiger charge is 2.25. The SMILES string of the molecule is Cc1ncc(Cl)cc1C(=O)NC1CCC(Cn2c(=O)n(-c3ccc(Cl)cc3)c3ccccc32)CC1. The Morgan fingerprint density at radius 2 is 1.69 bits per heavy atom. The van der Waals surface area contributed by atoms with Gasteiger partial charge in [-0.15, -0.1) is 0 Å². The number of fused-ring (bicyclic) bond motifs is 1. The maximum absolute atomic E-state index is 13.5. The Balaban J connectivity index is 1.30. The standard InChI is InChI=1S/C27H26Cl2N4O2/c1-17-23(14-20(29)15-30-17)26(34)31-21-10-6-18(7-11-21)16-32-24-4-2-3-5-25(24)33(27(32)35)22-12-8-19(28)9-13-22/h2-5,8-9,12-15,18,21H,6-7,10-11,16H2,1H3,(H,31,34). The van der Waals surface area contributed by atoms with Crippen molar-refractivity contribution < 1.29 is 4.79 Å². The van der Waals surface area contributed by atoms with E-state index in [9.17, 15) is 9.59 Å². The molecule has 1 saturated carbocycles. The van der Waals surface area contributed by atoms with Gasteiger partial charge in [0, 0.05) is 23.8 Å². The van der Waals surface area contributed by atoms with Gasteiger partial charge in [-0.05, 0) is 81.0 Å². The van der Waals surface area contributed by atoms with Gasteiger partial charge in [-0.1, -0.05) is 35.3 Å². The number of hydrogen-bond acceptors (Lipinski definition) is 3. The predicted molar refractivity (Wildman–Crippen MR) is 140 cm³/mol. The summed E-state index contributed by atoms with van der Waals surface area (Å²) < 4.78 is 3.63. The molecule has 1 aliphatic carbocycles. The van der Waals surface area contributed by atoms with Gasteiger partial charge in [0.25, 0.3) is 5.91 Å². The molecule has 1 fully saturated rings. The lowest BCUT2D eigenvalue weighted by Crippen LogP contribution is -2.39. The minimum atomic E-state index is -0.136. The first kappa shape index (κ1) is 23.6. The van der Waals surface area contributed by atoms with E-state index in [-0.39, 0.29) is 17.6 Å². The van der Waals surface area contributed by atoms with Gasteiger partial charge < -0.3 is 5.32 Å². The number of rotatable bonds is 5. The number of nitrogens with zero attached hydrogens (tertiary/aromatic N) is 3. The van der Waals surface area contributed by atoms with Crippen LogP contribution < -0.4 is 11.0 Å². The van der Waals surface area contributed by atoms with Crippen LogP contribution in [-0.2, 0) is 6.54 Å². The molecule has 35 heavy (non-hydrogen) atoms. The molecule has 0 saturated heterocycles. The Morgan fingerprint density at radius 1 is 1.00 bits per heavy atom. The Labute approximate surface area is 213 Å². The molecule has 2 aromatic heterocycles. The van der Waals surface area contributed by atoms with E-state index < -0.39 is 0 Å². The van der Waals surface area contributed by atoms with E-state index in [0.717, 1.165) is 42.4 Å². The third kappa shape index (κ3) is 4.86. The summed E-state index contributed by atoms with van der Waals surface area (Å²) in [5, 5.41) is 4.22. The van der Waals surface area contributed by atoms with Gasteiger partial charge in [0.2, 0.25) is 0 Å². The van der Waals surface area contributed by atoms with Crippen molar-refractivity contribution in [2.24, 2.45) is 5.92 Å². The fourth-order valence-electron chi connectivity index (χ4n) is 4.97. The number of aryl methyl sites for hydroxylation is 1. The van der Waals surface area contributed by atoms with Crippen molar-refractivity contribution in [3.05, 3.63) is 92.6 Å². The topological polar surface area (TPSA) is 68.9 Å². The first-order valence-electron chi connectivity index (χ1n) is 11.8. The Kier molecular flexibility index (Phi) is 6.67. The summed E-state index contributed by atoms with van der Waals surface area (Å²) >= 11 is 12.1. The van der Waals surface area contributed by atoms with Crippen LogP contribution in [-0.4, -0.2) is 26.1 Å². The highest BCUT2D eigenvalue weighted by Crippen LogP contribution is 2.28. The van der Waals surface area contributed by atoms with E-state index in [2.05, 4.69) is 10.3 Å². The molecule has 180 valence electrons. The fourth-order valence-corrected chi connectivity index (χ4v) is 5.26. The number of aromatic nitrogens is 3. The molecule has 1 amide bonds. The molecule has 2 heterocycles. The molecule has 2 aromatic carbocycles. The van der Waals surface area contributed by atoms with Crippen LogP contribution in [0, 0.1) is 12.8 Å². The summed E-state index contributed by atoms with van der Waals surface area (Å²) in [6.45, 7) is 2.46. The number of para-hydroxylation sites is 2. The first-order chi connectivity index (χ1) is 16.9. The average Bonchev–Trinajstić information content (AvgIpc) is 3.13. The van der Waals surface area contributed by atoms with Gasteiger partial charge in [0.15, 0.2) is 0 Å². The second kappa shape index (κ2) is 9.88. The number of hydrogen-bond donors (Lipinski definition) is 1. The van der Waals surface area contributed by atoms with Gasteiger partial charge in [-0.25, -0.2) is 4.79 Å². The smallest absolute Gasteiger partial charge is 0.333 e. The monoisotopic (exact) mass is 508 g/mol. The number of amides is 1. The van der Waals surface area contributed by atoms with E-state index in [4.69, 9.17) is 23.2 Å². The molecule has 0 atom stereocenters. The van der Waals surface area contributed by atoms with Crippen LogP contribution in [0.25, 0.3) is 16.7 Å². The quantitative estimate of drug-likeness (QED) is 0.370. The molecule has 0 spiro atoms. The lowest BCUT2D eigenvalue weighted by atomic mass is 9.85. The van der Waals surface area contributed by atoms with Gasteiger partial charge in [0.1, 0.15) is 0 Å². The van der Waals surface area contributed by atoms with Crippen LogP contribution in [0.4, 0.5) is 0 Å². The predicted octanol–water partition coefficient (Wildman–Crippen LogP) is 5.79. The minimum absolute atomic E-state index is 0.0483. The molecular weight excluding hydrogens is 483 g/mol. The van der Waals surface area contributed by atoms with Crippen LogP contribution in [0.2, 0.25) is 10.0 Å². The number of carbonyl (C=O) groups excluding carboxylic acids is 1. The molecule has 8 heteroatoms. The van der Waals surface area contributed by atoms with Crippen molar-refractivity contribution in [1.82, 2.24) is 19.4 Å². The van der Waals surface area contributed by atoms with E-state index in [1.54, 1.807) is 35.9 Å².